The van der Waals surface area contributed by atoms with Crippen LogP contribution < -0.4 is 11.1 Å². The molecule has 1 rings (SSSR count). The van der Waals surface area contributed by atoms with Gasteiger partial charge in [-0.25, -0.2) is 0 Å². The van der Waals surface area contributed by atoms with Gasteiger partial charge in [0.05, 0.1) is 0 Å². The summed E-state index contributed by atoms with van der Waals surface area (Å²) in [6.07, 6.45) is 1.22. The van der Waals surface area contributed by atoms with E-state index in [0.717, 1.165) is 12.0 Å². The molecule has 0 fully saturated rings. The number of carbonyl (C=O) groups excluding carboxylic acids is 1. The van der Waals surface area contributed by atoms with E-state index in [1.807, 2.05) is 30.3 Å². The summed E-state index contributed by atoms with van der Waals surface area (Å²) in [5, 5.41) is 2.82. The molecule has 0 heterocycles. The van der Waals surface area contributed by atoms with Crippen LogP contribution in [0.3, 0.4) is 0 Å². The Balaban J connectivity index is 0.00000289. The molecular weight excluding hydrogens is 252 g/mol. The molecule has 1 aromatic carbocycles. The molecular formula is C13H21ClN2O2. The van der Waals surface area contributed by atoms with Crippen LogP contribution in [0.15, 0.2) is 30.3 Å². The van der Waals surface area contributed by atoms with Crippen LogP contribution in [0.2, 0.25) is 0 Å². The highest BCUT2D eigenvalue weighted by Crippen LogP contribution is 2.07. The topological polar surface area (TPSA) is 64.3 Å². The van der Waals surface area contributed by atoms with Crippen molar-refractivity contribution in [3.63, 3.8) is 0 Å². The Kier molecular flexibility index (Phi) is 9.28. The Morgan fingerprint density at radius 2 is 2.06 bits per heavy atom. The van der Waals surface area contributed by atoms with Crippen molar-refractivity contribution in [2.75, 3.05) is 20.3 Å². The van der Waals surface area contributed by atoms with Gasteiger partial charge in [-0.3, -0.25) is 4.79 Å². The lowest BCUT2D eigenvalue weighted by atomic mass is 10.1. The van der Waals surface area contributed by atoms with E-state index in [1.165, 1.54) is 0 Å². The number of benzene rings is 1. The molecule has 5 heteroatoms. The fourth-order valence-electron chi connectivity index (χ4n) is 1.51. The van der Waals surface area contributed by atoms with Gasteiger partial charge in [0, 0.05) is 32.7 Å². The molecule has 0 saturated carbocycles. The first kappa shape index (κ1) is 16.9. The van der Waals surface area contributed by atoms with Crippen molar-refractivity contribution in [3.8, 4) is 0 Å². The van der Waals surface area contributed by atoms with Crippen molar-refractivity contribution in [1.29, 1.82) is 0 Å². The zero-order valence-corrected chi connectivity index (χ0v) is 11.4. The fourth-order valence-corrected chi connectivity index (χ4v) is 1.51. The first-order chi connectivity index (χ1) is 8.24. The molecule has 4 nitrogen and oxygen atoms in total. The van der Waals surface area contributed by atoms with Crippen LogP contribution >= 0.6 is 12.4 Å². The van der Waals surface area contributed by atoms with Gasteiger partial charge < -0.3 is 15.8 Å². The van der Waals surface area contributed by atoms with Crippen LogP contribution in [-0.2, 0) is 9.53 Å². The monoisotopic (exact) mass is 272 g/mol. The summed E-state index contributed by atoms with van der Waals surface area (Å²) in [5.74, 6) is 0.0217. The molecule has 1 atom stereocenters. The Labute approximate surface area is 114 Å². The van der Waals surface area contributed by atoms with Crippen molar-refractivity contribution < 1.29 is 9.53 Å². The zero-order valence-electron chi connectivity index (χ0n) is 10.6. The number of nitrogens with one attached hydrogen (secondary N) is 1. The van der Waals surface area contributed by atoms with Crippen molar-refractivity contribution in [2.45, 2.75) is 18.9 Å². The summed E-state index contributed by atoms with van der Waals surface area (Å²) in [5.41, 5.74) is 6.99. The van der Waals surface area contributed by atoms with Gasteiger partial charge in [-0.05, 0) is 12.0 Å². The minimum atomic E-state index is -0.150. The molecule has 0 aliphatic heterocycles. The zero-order chi connectivity index (χ0) is 12.5. The van der Waals surface area contributed by atoms with Gasteiger partial charge in [-0.15, -0.1) is 12.4 Å². The van der Waals surface area contributed by atoms with E-state index >= 15 is 0 Å². The van der Waals surface area contributed by atoms with Crippen LogP contribution in [0.4, 0.5) is 0 Å². The molecule has 0 radical (unpaired) electrons. The van der Waals surface area contributed by atoms with Gasteiger partial charge in [0.25, 0.3) is 0 Å². The number of carbonyl (C=O) groups is 1. The lowest BCUT2D eigenvalue weighted by Crippen LogP contribution is -2.31. The highest BCUT2D eigenvalue weighted by Gasteiger charge is 2.07. The molecule has 1 amide bonds. The lowest BCUT2D eigenvalue weighted by Gasteiger charge is -2.13. The van der Waals surface area contributed by atoms with Gasteiger partial charge in [-0.2, -0.15) is 0 Å². The molecule has 18 heavy (non-hydrogen) atoms. The maximum atomic E-state index is 11.4. The molecule has 0 saturated heterocycles. The summed E-state index contributed by atoms with van der Waals surface area (Å²) in [7, 11) is 1.63. The molecule has 0 aliphatic carbocycles. The Morgan fingerprint density at radius 3 is 2.67 bits per heavy atom. The molecule has 1 aromatic rings. The van der Waals surface area contributed by atoms with Gasteiger partial charge in [-0.1, -0.05) is 30.3 Å². The van der Waals surface area contributed by atoms with Crippen molar-refractivity contribution in [3.05, 3.63) is 35.9 Å². The Morgan fingerprint density at radius 1 is 1.39 bits per heavy atom. The number of methoxy groups -OCH3 is 1. The lowest BCUT2D eigenvalue weighted by molar-refractivity contribution is -0.121. The number of halogens is 1. The smallest absolute Gasteiger partial charge is 0.220 e. The van der Waals surface area contributed by atoms with Crippen LogP contribution in [-0.4, -0.2) is 26.2 Å². The van der Waals surface area contributed by atoms with Gasteiger partial charge in [0.15, 0.2) is 0 Å². The van der Waals surface area contributed by atoms with E-state index in [2.05, 4.69) is 5.32 Å². The van der Waals surface area contributed by atoms with Crippen LogP contribution in [0.5, 0.6) is 0 Å². The van der Waals surface area contributed by atoms with E-state index in [4.69, 9.17) is 10.5 Å². The predicted molar refractivity (Wildman–Crippen MR) is 74.7 cm³/mol. The molecule has 1 unspecified atom stereocenters. The largest absolute Gasteiger partial charge is 0.385 e. The molecule has 102 valence electrons. The summed E-state index contributed by atoms with van der Waals surface area (Å²) in [4.78, 5) is 11.4. The normalized spacial score (nSPS) is 11.4. The molecule has 0 spiro atoms. The average molecular weight is 273 g/mol. The maximum Gasteiger partial charge on any atom is 0.220 e. The number of nitrogens with two attached hydrogens (primary N) is 1. The molecule has 0 bridgehead atoms. The van der Waals surface area contributed by atoms with E-state index in [9.17, 15) is 4.79 Å². The SMILES string of the molecule is COCCCC(=O)NCC(N)c1ccccc1.Cl. The third-order valence-corrected chi connectivity index (χ3v) is 2.50. The quantitative estimate of drug-likeness (QED) is 0.742. The minimum absolute atomic E-state index is 0. The molecule has 0 aromatic heterocycles. The first-order valence-corrected chi connectivity index (χ1v) is 5.80. The second-order valence-electron chi connectivity index (χ2n) is 3.92. The van der Waals surface area contributed by atoms with Crippen LogP contribution in [0.1, 0.15) is 24.4 Å². The van der Waals surface area contributed by atoms with Gasteiger partial charge in [0.1, 0.15) is 0 Å². The summed E-state index contributed by atoms with van der Waals surface area (Å²) >= 11 is 0. The van der Waals surface area contributed by atoms with E-state index in [0.29, 0.717) is 19.6 Å². The number of rotatable bonds is 7. The van der Waals surface area contributed by atoms with Crippen molar-refractivity contribution >= 4 is 18.3 Å². The molecule has 3 N–H and O–H groups in total. The standard InChI is InChI=1S/C13H20N2O2.ClH/c1-17-9-5-8-13(16)15-10-12(14)11-6-3-2-4-7-11;/h2-4,6-7,12H,5,8-10,14H2,1H3,(H,15,16);1H. The van der Waals surface area contributed by atoms with E-state index < -0.39 is 0 Å². The molecule has 0 aliphatic rings. The average Bonchev–Trinajstić information content (AvgIpc) is 2.37. The third kappa shape index (κ3) is 6.59. The highest BCUT2D eigenvalue weighted by molar-refractivity contribution is 5.85. The first-order valence-electron chi connectivity index (χ1n) is 5.80. The summed E-state index contributed by atoms with van der Waals surface area (Å²) in [6.45, 7) is 1.08. The van der Waals surface area contributed by atoms with E-state index in [1.54, 1.807) is 7.11 Å². The van der Waals surface area contributed by atoms with Crippen molar-refractivity contribution in [1.82, 2.24) is 5.32 Å². The summed E-state index contributed by atoms with van der Waals surface area (Å²) in [6, 6.07) is 9.59. The third-order valence-electron chi connectivity index (χ3n) is 2.50. The maximum absolute atomic E-state index is 11.4. The van der Waals surface area contributed by atoms with Gasteiger partial charge >= 0.3 is 0 Å². The number of amides is 1. The number of hydrogen-bond donors (Lipinski definition) is 2. The Bertz CT molecular complexity index is 333. The number of hydrogen-bond acceptors (Lipinski definition) is 3. The minimum Gasteiger partial charge on any atom is -0.385 e. The second-order valence-corrected chi connectivity index (χ2v) is 3.92. The van der Waals surface area contributed by atoms with Crippen LogP contribution in [0.25, 0.3) is 0 Å². The van der Waals surface area contributed by atoms with Crippen molar-refractivity contribution in [2.24, 2.45) is 5.73 Å². The van der Waals surface area contributed by atoms with E-state index in [-0.39, 0.29) is 24.4 Å². The van der Waals surface area contributed by atoms with Gasteiger partial charge in [0.2, 0.25) is 5.91 Å². The summed E-state index contributed by atoms with van der Waals surface area (Å²) < 4.78 is 4.88. The number of ether oxygens (including phenoxy) is 1. The second kappa shape index (κ2) is 9.88. The Hall–Kier alpha value is -1.10. The fraction of sp³-hybridized carbons (Fsp3) is 0.462. The predicted octanol–water partition coefficient (Wildman–Crippen LogP) is 1.65. The highest BCUT2D eigenvalue weighted by atomic mass is 35.5. The van der Waals surface area contributed by atoms with Crippen LogP contribution in [0, 0.1) is 0 Å².